The Hall–Kier alpha value is -3.51. The standard InChI is InChI=1S/C29H35ClN4O2/c1-20(21-12-8-7-9-13-21)34(28(36)32-29(2,3)4)19-22-18-23(16-17-26(22)33(5)6)31-27(35)24-14-10-11-15-25(24)30/h7-18,20H,19H2,1-6H3,(H,31,35)(H,32,36)/t20-/m1/s1. The second kappa shape index (κ2) is 11.5. The van der Waals surface area contributed by atoms with Crippen LogP contribution in [0.5, 0.6) is 0 Å². The lowest BCUT2D eigenvalue weighted by Crippen LogP contribution is -2.49. The van der Waals surface area contributed by atoms with Crippen molar-refractivity contribution in [2.24, 2.45) is 0 Å². The Balaban J connectivity index is 1.96. The van der Waals surface area contributed by atoms with Gasteiger partial charge in [0.25, 0.3) is 5.91 Å². The number of benzene rings is 3. The van der Waals surface area contributed by atoms with Crippen LogP contribution in [0.2, 0.25) is 5.02 Å². The van der Waals surface area contributed by atoms with E-state index in [-0.39, 0.29) is 23.5 Å². The molecule has 190 valence electrons. The zero-order valence-corrected chi connectivity index (χ0v) is 22.6. The number of carbonyl (C=O) groups is 2. The molecule has 0 saturated heterocycles. The second-order valence-corrected chi connectivity index (χ2v) is 10.5. The van der Waals surface area contributed by atoms with E-state index in [1.54, 1.807) is 24.3 Å². The number of hydrogen-bond donors (Lipinski definition) is 2. The number of hydrogen-bond acceptors (Lipinski definition) is 3. The summed E-state index contributed by atoms with van der Waals surface area (Å²) in [5.74, 6) is -0.288. The van der Waals surface area contributed by atoms with Gasteiger partial charge < -0.3 is 20.4 Å². The number of nitrogens with one attached hydrogen (secondary N) is 2. The lowest BCUT2D eigenvalue weighted by Gasteiger charge is -2.34. The number of nitrogens with zero attached hydrogens (tertiary/aromatic N) is 2. The van der Waals surface area contributed by atoms with Crippen molar-refractivity contribution in [3.8, 4) is 0 Å². The lowest BCUT2D eigenvalue weighted by molar-refractivity contribution is 0.102. The van der Waals surface area contributed by atoms with Gasteiger partial charge in [-0.15, -0.1) is 0 Å². The van der Waals surface area contributed by atoms with Crippen LogP contribution >= 0.6 is 11.6 Å². The average Bonchev–Trinajstić information content (AvgIpc) is 2.81. The molecular weight excluding hydrogens is 472 g/mol. The predicted molar refractivity (Wildman–Crippen MR) is 149 cm³/mol. The van der Waals surface area contributed by atoms with Gasteiger partial charge in [0, 0.05) is 31.0 Å². The van der Waals surface area contributed by atoms with Crippen molar-refractivity contribution in [3.05, 3.63) is 94.5 Å². The molecular formula is C29H35ClN4O2. The van der Waals surface area contributed by atoms with E-state index >= 15 is 0 Å². The Morgan fingerprint density at radius 2 is 1.58 bits per heavy atom. The van der Waals surface area contributed by atoms with E-state index in [4.69, 9.17) is 11.6 Å². The molecule has 1 atom stereocenters. The Labute approximate surface area is 219 Å². The first-order valence-corrected chi connectivity index (χ1v) is 12.3. The maximum atomic E-state index is 13.5. The predicted octanol–water partition coefficient (Wildman–Crippen LogP) is 6.73. The lowest BCUT2D eigenvalue weighted by atomic mass is 10.0. The van der Waals surface area contributed by atoms with Crippen LogP contribution in [0.3, 0.4) is 0 Å². The SMILES string of the molecule is C[C@H](c1ccccc1)N(Cc1cc(NC(=O)c2ccccc2Cl)ccc1N(C)C)C(=O)NC(C)(C)C. The molecule has 0 radical (unpaired) electrons. The van der Waals surface area contributed by atoms with E-state index in [2.05, 4.69) is 10.6 Å². The van der Waals surface area contributed by atoms with E-state index in [1.807, 2.05) is 100 Å². The highest BCUT2D eigenvalue weighted by Gasteiger charge is 2.26. The first kappa shape index (κ1) is 27.1. The van der Waals surface area contributed by atoms with E-state index in [0.29, 0.717) is 22.8 Å². The van der Waals surface area contributed by atoms with Gasteiger partial charge in [-0.1, -0.05) is 54.1 Å². The van der Waals surface area contributed by atoms with Crippen LogP contribution in [0.15, 0.2) is 72.8 Å². The summed E-state index contributed by atoms with van der Waals surface area (Å²) in [6.45, 7) is 8.27. The molecule has 6 nitrogen and oxygen atoms in total. The van der Waals surface area contributed by atoms with Gasteiger partial charge in [0.1, 0.15) is 0 Å². The number of urea groups is 1. The van der Waals surface area contributed by atoms with Gasteiger partial charge >= 0.3 is 6.03 Å². The molecule has 0 fully saturated rings. The zero-order chi connectivity index (χ0) is 26.5. The van der Waals surface area contributed by atoms with Crippen LogP contribution in [0.25, 0.3) is 0 Å². The summed E-state index contributed by atoms with van der Waals surface area (Å²) in [4.78, 5) is 30.2. The topological polar surface area (TPSA) is 64.7 Å². The van der Waals surface area contributed by atoms with Gasteiger partial charge in [-0.25, -0.2) is 4.79 Å². The number of anilines is 2. The van der Waals surface area contributed by atoms with Crippen molar-refractivity contribution >= 4 is 34.9 Å². The highest BCUT2D eigenvalue weighted by atomic mass is 35.5. The van der Waals surface area contributed by atoms with Crippen molar-refractivity contribution in [1.82, 2.24) is 10.2 Å². The molecule has 0 unspecified atom stereocenters. The number of rotatable bonds is 7. The van der Waals surface area contributed by atoms with Gasteiger partial charge in [-0.3, -0.25) is 4.79 Å². The summed E-state index contributed by atoms with van der Waals surface area (Å²) in [7, 11) is 3.92. The minimum atomic E-state index is -0.388. The van der Waals surface area contributed by atoms with Crippen LogP contribution in [-0.2, 0) is 6.54 Å². The second-order valence-electron chi connectivity index (χ2n) is 10.1. The van der Waals surface area contributed by atoms with E-state index in [1.165, 1.54) is 0 Å². The molecule has 0 bridgehead atoms. The first-order chi connectivity index (χ1) is 17.0. The van der Waals surface area contributed by atoms with Gasteiger partial charge in [0.05, 0.1) is 23.2 Å². The van der Waals surface area contributed by atoms with Gasteiger partial charge in [0.15, 0.2) is 0 Å². The Kier molecular flexibility index (Phi) is 8.64. The Bertz CT molecular complexity index is 1210. The molecule has 0 saturated carbocycles. The molecule has 3 amide bonds. The number of amides is 3. The Morgan fingerprint density at radius 3 is 2.19 bits per heavy atom. The fourth-order valence-corrected chi connectivity index (χ4v) is 4.16. The zero-order valence-electron chi connectivity index (χ0n) is 21.8. The van der Waals surface area contributed by atoms with Crippen molar-refractivity contribution in [3.63, 3.8) is 0 Å². The van der Waals surface area contributed by atoms with Crippen molar-refractivity contribution < 1.29 is 9.59 Å². The van der Waals surface area contributed by atoms with Crippen molar-refractivity contribution in [2.75, 3.05) is 24.3 Å². The van der Waals surface area contributed by atoms with Crippen LogP contribution < -0.4 is 15.5 Å². The third-order valence-electron chi connectivity index (χ3n) is 5.77. The maximum Gasteiger partial charge on any atom is 0.318 e. The summed E-state index contributed by atoms with van der Waals surface area (Å²) >= 11 is 6.21. The van der Waals surface area contributed by atoms with E-state index < -0.39 is 0 Å². The largest absolute Gasteiger partial charge is 0.377 e. The summed E-state index contributed by atoms with van der Waals surface area (Å²) in [5.41, 5.74) is 3.55. The third kappa shape index (κ3) is 7.01. The summed E-state index contributed by atoms with van der Waals surface area (Å²) < 4.78 is 0. The molecule has 0 aliphatic heterocycles. The molecule has 0 aliphatic rings. The Morgan fingerprint density at radius 1 is 0.944 bits per heavy atom. The summed E-state index contributed by atoms with van der Waals surface area (Å²) in [5, 5.41) is 6.44. The highest BCUT2D eigenvalue weighted by molar-refractivity contribution is 6.34. The van der Waals surface area contributed by atoms with Crippen LogP contribution in [-0.4, -0.2) is 36.5 Å². The summed E-state index contributed by atoms with van der Waals surface area (Å²) in [6, 6.07) is 22.3. The number of halogens is 1. The molecule has 36 heavy (non-hydrogen) atoms. The average molecular weight is 507 g/mol. The molecule has 7 heteroatoms. The smallest absolute Gasteiger partial charge is 0.318 e. The quantitative estimate of drug-likeness (QED) is 0.373. The molecule has 2 N–H and O–H groups in total. The highest BCUT2D eigenvalue weighted by Crippen LogP contribution is 2.29. The fourth-order valence-electron chi connectivity index (χ4n) is 3.94. The van der Waals surface area contributed by atoms with Gasteiger partial charge in [-0.2, -0.15) is 0 Å². The van der Waals surface area contributed by atoms with Gasteiger partial charge in [-0.05, 0) is 69.2 Å². The molecule has 0 aliphatic carbocycles. The normalized spacial score (nSPS) is 12.0. The van der Waals surface area contributed by atoms with Crippen molar-refractivity contribution in [1.29, 1.82) is 0 Å². The fraction of sp³-hybridized carbons (Fsp3) is 0.310. The maximum absolute atomic E-state index is 13.5. The molecule has 0 spiro atoms. The molecule has 3 aromatic carbocycles. The van der Waals surface area contributed by atoms with E-state index in [0.717, 1.165) is 16.8 Å². The molecule has 3 aromatic rings. The molecule has 0 heterocycles. The van der Waals surface area contributed by atoms with E-state index in [9.17, 15) is 9.59 Å². The molecule has 3 rings (SSSR count). The van der Waals surface area contributed by atoms with Gasteiger partial charge in [0.2, 0.25) is 0 Å². The minimum absolute atomic E-state index is 0.158. The van der Waals surface area contributed by atoms with Crippen LogP contribution in [0.4, 0.5) is 16.2 Å². The van der Waals surface area contributed by atoms with Crippen LogP contribution in [0, 0.1) is 0 Å². The minimum Gasteiger partial charge on any atom is -0.377 e. The van der Waals surface area contributed by atoms with Crippen LogP contribution in [0.1, 0.15) is 55.2 Å². The van der Waals surface area contributed by atoms with Crippen molar-refractivity contribution in [2.45, 2.75) is 45.8 Å². The monoisotopic (exact) mass is 506 g/mol. The first-order valence-electron chi connectivity index (χ1n) is 12.0. The molecule has 0 aromatic heterocycles. The third-order valence-corrected chi connectivity index (χ3v) is 6.10. The summed E-state index contributed by atoms with van der Waals surface area (Å²) in [6.07, 6.45) is 0. The number of carbonyl (C=O) groups excluding carboxylic acids is 2.